The lowest BCUT2D eigenvalue weighted by atomic mass is 10.1. The molecule has 0 unspecified atom stereocenters. The predicted octanol–water partition coefficient (Wildman–Crippen LogP) is 0.351. The maximum absolute atomic E-state index is 12.4. The minimum absolute atomic E-state index is 0.000580. The molecule has 0 bridgehead atoms. The molecule has 0 aliphatic carbocycles. The van der Waals surface area contributed by atoms with Crippen LogP contribution in [0.2, 0.25) is 0 Å². The van der Waals surface area contributed by atoms with Gasteiger partial charge in [0.25, 0.3) is 0 Å². The third-order valence-corrected chi connectivity index (χ3v) is 7.70. The number of carbonyl (C=O) groups excluding carboxylic acids is 2. The van der Waals surface area contributed by atoms with Crippen LogP contribution in [0.5, 0.6) is 0 Å². The van der Waals surface area contributed by atoms with Gasteiger partial charge in [0.2, 0.25) is 11.8 Å². The largest absolute Gasteiger partial charge is 0.340 e. The van der Waals surface area contributed by atoms with Crippen molar-refractivity contribution in [2.45, 2.75) is 32.9 Å². The number of sulfone groups is 1. The number of likely N-dealkylation sites (N-methyl/N-ethyl adjacent to an activating group) is 1. The number of aromatic nitrogens is 2. The van der Waals surface area contributed by atoms with E-state index in [4.69, 9.17) is 0 Å². The fraction of sp³-hybridized carbons (Fsp3) is 0.688. The van der Waals surface area contributed by atoms with Crippen LogP contribution in [-0.4, -0.2) is 76.5 Å². The Balaban J connectivity index is 1.69. The molecular weight excluding hydrogens is 376 g/mol. The van der Waals surface area contributed by atoms with Crippen molar-refractivity contribution in [2.24, 2.45) is 0 Å². The molecule has 1 aromatic rings. The maximum atomic E-state index is 12.4. The molecule has 8 nitrogen and oxygen atoms in total. The second-order valence-electron chi connectivity index (χ2n) is 6.97. The molecule has 3 heterocycles. The third kappa shape index (κ3) is 3.90. The molecule has 3 rings (SSSR count). The van der Waals surface area contributed by atoms with Gasteiger partial charge in [0.1, 0.15) is 6.54 Å². The number of aryl methyl sites for hydroxylation is 1. The van der Waals surface area contributed by atoms with Crippen LogP contribution < -0.4 is 0 Å². The second-order valence-corrected chi connectivity index (χ2v) is 10.2. The topological polar surface area (TPSA) is 92.6 Å². The summed E-state index contributed by atoms with van der Waals surface area (Å²) in [4.78, 5) is 27.3. The first kappa shape index (κ1) is 19.2. The zero-order chi connectivity index (χ0) is 19.1. The summed E-state index contributed by atoms with van der Waals surface area (Å²) in [7, 11) is -1.27. The van der Waals surface area contributed by atoms with E-state index in [1.165, 1.54) is 11.8 Å². The highest BCUT2D eigenvalue weighted by molar-refractivity contribution is 8.00. The lowest BCUT2D eigenvalue weighted by Gasteiger charge is -2.21. The van der Waals surface area contributed by atoms with Crippen molar-refractivity contribution in [3.8, 4) is 0 Å². The zero-order valence-electron chi connectivity index (χ0n) is 15.3. The standard InChI is InChI=1S/C16H24N4O4S2/c1-11-14(6-18(3)15(21)7-19-10-25-8-16(19)22)12(2)20(17-11)13-4-5-26(23,24)9-13/h13H,4-10H2,1-3H3/t13-/m0/s1. The summed E-state index contributed by atoms with van der Waals surface area (Å²) in [6.45, 7) is 4.28. The number of thioether (sulfide) groups is 1. The van der Waals surface area contributed by atoms with Gasteiger partial charge in [-0.25, -0.2) is 8.42 Å². The lowest BCUT2D eigenvalue weighted by Crippen LogP contribution is -2.39. The van der Waals surface area contributed by atoms with Crippen LogP contribution in [0.4, 0.5) is 0 Å². The molecule has 10 heteroatoms. The average molecular weight is 401 g/mol. The van der Waals surface area contributed by atoms with Crippen molar-refractivity contribution < 1.29 is 18.0 Å². The molecule has 1 aromatic heterocycles. The summed E-state index contributed by atoms with van der Waals surface area (Å²) in [6.07, 6.45) is 0.577. The van der Waals surface area contributed by atoms with E-state index in [2.05, 4.69) is 5.10 Å². The van der Waals surface area contributed by atoms with Gasteiger partial charge in [-0.1, -0.05) is 0 Å². The first-order valence-corrected chi connectivity index (χ1v) is 11.5. The van der Waals surface area contributed by atoms with Gasteiger partial charge in [-0.05, 0) is 20.3 Å². The average Bonchev–Trinajstić information content (AvgIpc) is 3.21. The first-order chi connectivity index (χ1) is 12.2. The summed E-state index contributed by atoms with van der Waals surface area (Å²) in [5.41, 5.74) is 2.64. The molecule has 0 aromatic carbocycles. The quantitative estimate of drug-likeness (QED) is 0.708. The molecule has 144 valence electrons. The van der Waals surface area contributed by atoms with E-state index in [9.17, 15) is 18.0 Å². The molecular formula is C16H24N4O4S2. The maximum Gasteiger partial charge on any atom is 0.242 e. The SMILES string of the molecule is Cc1nn([C@H]2CCS(=O)(=O)C2)c(C)c1CN(C)C(=O)CN1CSCC1=O. The highest BCUT2D eigenvalue weighted by Gasteiger charge is 2.32. The smallest absolute Gasteiger partial charge is 0.242 e. The Hall–Kier alpha value is -1.55. The minimum atomic E-state index is -2.98. The van der Waals surface area contributed by atoms with Crippen LogP contribution in [-0.2, 0) is 26.0 Å². The Kier molecular flexibility index (Phi) is 5.34. The van der Waals surface area contributed by atoms with Gasteiger partial charge in [0, 0.05) is 24.8 Å². The number of carbonyl (C=O) groups is 2. The Morgan fingerprint density at radius 3 is 2.69 bits per heavy atom. The Morgan fingerprint density at radius 1 is 1.38 bits per heavy atom. The number of rotatable bonds is 5. The number of hydrogen-bond donors (Lipinski definition) is 0. The van der Waals surface area contributed by atoms with E-state index in [1.807, 2.05) is 13.8 Å². The van der Waals surface area contributed by atoms with Crippen molar-refractivity contribution in [3.63, 3.8) is 0 Å². The molecule has 1 atom stereocenters. The van der Waals surface area contributed by atoms with Crippen molar-refractivity contribution >= 4 is 33.4 Å². The molecule has 0 saturated carbocycles. The number of hydrogen-bond acceptors (Lipinski definition) is 6. The molecule has 2 amide bonds. The second kappa shape index (κ2) is 7.22. The van der Waals surface area contributed by atoms with Crippen LogP contribution in [0.1, 0.15) is 29.4 Å². The minimum Gasteiger partial charge on any atom is -0.340 e. The van der Waals surface area contributed by atoms with Gasteiger partial charge in [-0.15, -0.1) is 11.8 Å². The van der Waals surface area contributed by atoms with E-state index < -0.39 is 9.84 Å². The van der Waals surface area contributed by atoms with Gasteiger partial charge in [0.15, 0.2) is 9.84 Å². The first-order valence-electron chi connectivity index (χ1n) is 8.52. The van der Waals surface area contributed by atoms with Gasteiger partial charge < -0.3 is 9.80 Å². The van der Waals surface area contributed by atoms with E-state index in [0.29, 0.717) is 24.6 Å². The van der Waals surface area contributed by atoms with Gasteiger partial charge in [0.05, 0.1) is 34.9 Å². The zero-order valence-corrected chi connectivity index (χ0v) is 16.9. The van der Waals surface area contributed by atoms with Gasteiger partial charge in [-0.2, -0.15) is 5.10 Å². The van der Waals surface area contributed by atoms with E-state index in [1.54, 1.807) is 21.5 Å². The fourth-order valence-electron chi connectivity index (χ4n) is 3.40. The van der Waals surface area contributed by atoms with E-state index in [0.717, 1.165) is 17.0 Å². The van der Waals surface area contributed by atoms with E-state index in [-0.39, 0.29) is 35.9 Å². The van der Waals surface area contributed by atoms with Crippen molar-refractivity contribution in [1.29, 1.82) is 0 Å². The molecule has 2 saturated heterocycles. The molecule has 2 fully saturated rings. The summed E-state index contributed by atoms with van der Waals surface area (Å²) in [5, 5.41) is 4.53. The molecule has 0 N–H and O–H groups in total. The normalized spacial score (nSPS) is 22.2. The fourth-order valence-corrected chi connectivity index (χ4v) is 6.00. The van der Waals surface area contributed by atoms with Crippen LogP contribution in [0, 0.1) is 13.8 Å². The van der Waals surface area contributed by atoms with Crippen LogP contribution >= 0.6 is 11.8 Å². The van der Waals surface area contributed by atoms with Crippen LogP contribution in [0.25, 0.3) is 0 Å². The third-order valence-electron chi connectivity index (χ3n) is 5.00. The number of nitrogens with zero attached hydrogens (tertiary/aromatic N) is 4. The molecule has 2 aliphatic heterocycles. The molecule has 0 radical (unpaired) electrons. The van der Waals surface area contributed by atoms with Crippen molar-refractivity contribution in [2.75, 3.05) is 36.7 Å². The van der Waals surface area contributed by atoms with Crippen LogP contribution in [0.3, 0.4) is 0 Å². The summed E-state index contributed by atoms with van der Waals surface area (Å²) in [5.74, 6) is 1.20. The molecule has 2 aliphatic rings. The highest BCUT2D eigenvalue weighted by atomic mass is 32.2. The van der Waals surface area contributed by atoms with Gasteiger partial charge >= 0.3 is 0 Å². The van der Waals surface area contributed by atoms with Gasteiger partial charge in [-0.3, -0.25) is 14.3 Å². The van der Waals surface area contributed by atoms with Crippen molar-refractivity contribution in [3.05, 3.63) is 17.0 Å². The van der Waals surface area contributed by atoms with Crippen LogP contribution in [0.15, 0.2) is 0 Å². The number of amides is 2. The highest BCUT2D eigenvalue weighted by Crippen LogP contribution is 2.27. The summed E-state index contributed by atoms with van der Waals surface area (Å²) in [6, 6.07) is -0.132. The lowest BCUT2D eigenvalue weighted by molar-refractivity contribution is -0.137. The summed E-state index contributed by atoms with van der Waals surface area (Å²) < 4.78 is 25.3. The predicted molar refractivity (Wildman–Crippen MR) is 99.5 cm³/mol. The Bertz CT molecular complexity index is 834. The van der Waals surface area contributed by atoms with Crippen molar-refractivity contribution in [1.82, 2.24) is 19.6 Å². The molecule has 0 spiro atoms. The monoisotopic (exact) mass is 400 g/mol. The Labute approximate surface area is 157 Å². The Morgan fingerprint density at radius 2 is 2.12 bits per heavy atom. The van der Waals surface area contributed by atoms with E-state index >= 15 is 0 Å². The molecule has 26 heavy (non-hydrogen) atoms. The summed E-state index contributed by atoms with van der Waals surface area (Å²) >= 11 is 1.51.